The molecule has 2 fully saturated rings. The summed E-state index contributed by atoms with van der Waals surface area (Å²) in [4.78, 5) is 33.1. The minimum Gasteiger partial charge on any atom is -0.352 e. The molecule has 1 N–H and O–H groups in total. The Labute approximate surface area is 201 Å². The second-order valence-corrected chi connectivity index (χ2v) is 9.73. The second-order valence-electron chi connectivity index (χ2n) is 8.85. The van der Waals surface area contributed by atoms with Crippen molar-refractivity contribution in [1.29, 1.82) is 0 Å². The van der Waals surface area contributed by atoms with Crippen LogP contribution >= 0.6 is 11.8 Å². The quantitative estimate of drug-likeness (QED) is 0.606. The molecule has 2 amide bonds. The Hall–Kier alpha value is -2.35. The third-order valence-electron chi connectivity index (χ3n) is 6.67. The number of hydrogen-bond acceptors (Lipinski definition) is 5. The van der Waals surface area contributed by atoms with Gasteiger partial charge >= 0.3 is 0 Å². The lowest BCUT2D eigenvalue weighted by atomic mass is 10.1. The predicted octanol–water partition coefficient (Wildman–Crippen LogP) is 3.22. The van der Waals surface area contributed by atoms with E-state index in [1.165, 1.54) is 5.56 Å². The lowest BCUT2D eigenvalue weighted by Gasteiger charge is -2.34. The Morgan fingerprint density at radius 3 is 2.42 bits per heavy atom. The molecule has 0 radical (unpaired) electrons. The first-order chi connectivity index (χ1) is 16.1. The largest absolute Gasteiger partial charge is 0.352 e. The van der Waals surface area contributed by atoms with Gasteiger partial charge in [0.15, 0.2) is 0 Å². The van der Waals surface area contributed by atoms with Gasteiger partial charge in [-0.25, -0.2) is 0 Å². The molecule has 2 aliphatic heterocycles. The Kier molecular flexibility index (Phi) is 8.06. The molecular formula is C26H34N4O2S. The van der Waals surface area contributed by atoms with E-state index in [4.69, 9.17) is 0 Å². The molecule has 33 heavy (non-hydrogen) atoms. The highest BCUT2D eigenvalue weighted by molar-refractivity contribution is 7.98. The smallest absolute Gasteiger partial charge is 0.227 e. The van der Waals surface area contributed by atoms with Crippen LogP contribution in [0.4, 0.5) is 5.69 Å². The standard InChI is InChI=1S/C26H34N4O2S/c1-3-28-11-13-29(14-12-28)18-21-9-7-20(8-10-21)17-27-26(32)22-15-25(31)30(19-22)23-5-4-6-24(16-23)33-2/h4-10,16,22H,3,11-15,17-19H2,1-2H3,(H,27,32)/t22-/m1/s1. The highest BCUT2D eigenvalue weighted by Crippen LogP contribution is 2.28. The summed E-state index contributed by atoms with van der Waals surface area (Å²) in [5.41, 5.74) is 3.25. The fraction of sp³-hybridized carbons (Fsp3) is 0.462. The van der Waals surface area contributed by atoms with Crippen LogP contribution in [-0.4, -0.2) is 67.1 Å². The van der Waals surface area contributed by atoms with Gasteiger partial charge in [-0.05, 0) is 42.1 Å². The van der Waals surface area contributed by atoms with Crippen LogP contribution in [0.3, 0.4) is 0 Å². The maximum Gasteiger partial charge on any atom is 0.227 e. The molecule has 0 bridgehead atoms. The van der Waals surface area contributed by atoms with Crippen LogP contribution in [0.15, 0.2) is 53.4 Å². The fourth-order valence-corrected chi connectivity index (χ4v) is 4.98. The number of nitrogens with zero attached hydrogens (tertiary/aromatic N) is 3. The van der Waals surface area contributed by atoms with Crippen molar-refractivity contribution in [3.63, 3.8) is 0 Å². The number of piperazine rings is 1. The summed E-state index contributed by atoms with van der Waals surface area (Å²) in [5, 5.41) is 3.03. The first-order valence-corrected chi connectivity index (χ1v) is 13.0. The molecule has 176 valence electrons. The fourth-order valence-electron chi connectivity index (χ4n) is 4.53. The number of carbonyl (C=O) groups excluding carboxylic acids is 2. The Bertz CT molecular complexity index is 957. The molecule has 7 heteroatoms. The minimum atomic E-state index is -0.309. The number of nitrogens with one attached hydrogen (secondary N) is 1. The average Bonchev–Trinajstić information content (AvgIpc) is 3.25. The summed E-state index contributed by atoms with van der Waals surface area (Å²) in [6.07, 6.45) is 2.28. The molecular weight excluding hydrogens is 432 g/mol. The van der Waals surface area contributed by atoms with Gasteiger partial charge in [0.05, 0.1) is 5.92 Å². The van der Waals surface area contributed by atoms with Crippen molar-refractivity contribution in [1.82, 2.24) is 15.1 Å². The van der Waals surface area contributed by atoms with Gasteiger partial charge in [-0.2, -0.15) is 0 Å². The number of carbonyl (C=O) groups is 2. The van der Waals surface area contributed by atoms with Gasteiger partial charge in [-0.1, -0.05) is 37.3 Å². The highest BCUT2D eigenvalue weighted by atomic mass is 32.2. The Balaban J connectivity index is 1.25. The van der Waals surface area contributed by atoms with Crippen molar-refractivity contribution >= 4 is 29.3 Å². The van der Waals surface area contributed by atoms with Crippen LogP contribution in [0.2, 0.25) is 0 Å². The molecule has 0 saturated carbocycles. The van der Waals surface area contributed by atoms with Crippen LogP contribution < -0.4 is 10.2 Å². The molecule has 0 spiro atoms. The number of likely N-dealkylation sites (N-methyl/N-ethyl adjacent to an activating group) is 1. The normalized spacial score (nSPS) is 19.8. The van der Waals surface area contributed by atoms with Crippen molar-refractivity contribution in [2.45, 2.75) is 31.3 Å². The lowest BCUT2D eigenvalue weighted by Crippen LogP contribution is -2.45. The summed E-state index contributed by atoms with van der Waals surface area (Å²) in [6, 6.07) is 16.4. The van der Waals surface area contributed by atoms with E-state index in [9.17, 15) is 9.59 Å². The van der Waals surface area contributed by atoms with Gasteiger partial charge in [0.1, 0.15) is 0 Å². The van der Waals surface area contributed by atoms with Crippen LogP contribution in [0.1, 0.15) is 24.5 Å². The number of benzene rings is 2. The average molecular weight is 467 g/mol. The van der Waals surface area contributed by atoms with Gasteiger partial charge in [0.25, 0.3) is 0 Å². The van der Waals surface area contributed by atoms with Gasteiger partial charge in [0, 0.05) is 62.8 Å². The van der Waals surface area contributed by atoms with Crippen molar-refractivity contribution < 1.29 is 9.59 Å². The number of hydrogen-bond donors (Lipinski definition) is 1. The summed E-state index contributed by atoms with van der Waals surface area (Å²) in [7, 11) is 0. The minimum absolute atomic E-state index is 0.0116. The zero-order valence-corrected chi connectivity index (χ0v) is 20.4. The number of rotatable bonds is 8. The van der Waals surface area contributed by atoms with E-state index in [1.807, 2.05) is 30.5 Å². The summed E-state index contributed by atoms with van der Waals surface area (Å²) >= 11 is 1.65. The molecule has 0 aromatic heterocycles. The Morgan fingerprint density at radius 1 is 1.03 bits per heavy atom. The summed E-state index contributed by atoms with van der Waals surface area (Å²) < 4.78 is 0. The van der Waals surface area contributed by atoms with Crippen LogP contribution in [0, 0.1) is 5.92 Å². The van der Waals surface area contributed by atoms with Crippen molar-refractivity contribution in [3.8, 4) is 0 Å². The van der Waals surface area contributed by atoms with Crippen LogP contribution in [-0.2, 0) is 22.7 Å². The van der Waals surface area contributed by atoms with E-state index in [-0.39, 0.29) is 24.2 Å². The van der Waals surface area contributed by atoms with E-state index >= 15 is 0 Å². The topological polar surface area (TPSA) is 55.9 Å². The highest BCUT2D eigenvalue weighted by Gasteiger charge is 2.35. The van der Waals surface area contributed by atoms with E-state index in [0.717, 1.165) is 55.4 Å². The molecule has 2 aromatic rings. The zero-order valence-electron chi connectivity index (χ0n) is 19.6. The molecule has 2 aliphatic rings. The van der Waals surface area contributed by atoms with Crippen molar-refractivity contribution in [2.75, 3.05) is 50.4 Å². The predicted molar refractivity (Wildman–Crippen MR) is 134 cm³/mol. The molecule has 2 aromatic carbocycles. The van der Waals surface area contributed by atoms with Gasteiger partial charge < -0.3 is 15.1 Å². The monoisotopic (exact) mass is 466 g/mol. The molecule has 0 unspecified atom stereocenters. The third kappa shape index (κ3) is 6.16. The molecule has 0 aliphatic carbocycles. The molecule has 2 saturated heterocycles. The van der Waals surface area contributed by atoms with E-state index in [0.29, 0.717) is 13.1 Å². The maximum absolute atomic E-state index is 12.7. The zero-order chi connectivity index (χ0) is 23.2. The molecule has 6 nitrogen and oxygen atoms in total. The summed E-state index contributed by atoms with van der Waals surface area (Å²) in [6.45, 7) is 9.77. The number of anilines is 1. The second kappa shape index (κ2) is 11.2. The number of thioether (sulfide) groups is 1. The van der Waals surface area contributed by atoms with Crippen molar-refractivity contribution in [3.05, 3.63) is 59.7 Å². The lowest BCUT2D eigenvalue weighted by molar-refractivity contribution is -0.126. The van der Waals surface area contributed by atoms with Gasteiger partial charge in [-0.3, -0.25) is 14.5 Å². The summed E-state index contributed by atoms with van der Waals surface area (Å²) in [5.74, 6) is -0.348. The van der Waals surface area contributed by atoms with E-state index < -0.39 is 0 Å². The van der Waals surface area contributed by atoms with E-state index in [2.05, 4.69) is 46.3 Å². The molecule has 1 atom stereocenters. The Morgan fingerprint density at radius 2 is 1.73 bits per heavy atom. The third-order valence-corrected chi connectivity index (χ3v) is 7.39. The van der Waals surface area contributed by atoms with Crippen LogP contribution in [0.5, 0.6) is 0 Å². The molecule has 4 rings (SSSR count). The molecule has 2 heterocycles. The maximum atomic E-state index is 12.7. The first kappa shape index (κ1) is 23.8. The number of amides is 2. The van der Waals surface area contributed by atoms with Crippen LogP contribution in [0.25, 0.3) is 0 Å². The SMILES string of the molecule is CCN1CCN(Cc2ccc(CNC(=O)[C@@H]3CC(=O)N(c4cccc(SC)c4)C3)cc2)CC1. The van der Waals surface area contributed by atoms with Gasteiger partial charge in [-0.15, -0.1) is 11.8 Å². The first-order valence-electron chi connectivity index (χ1n) is 11.8. The van der Waals surface area contributed by atoms with Gasteiger partial charge in [0.2, 0.25) is 11.8 Å². The van der Waals surface area contributed by atoms with E-state index in [1.54, 1.807) is 16.7 Å². The van der Waals surface area contributed by atoms with Crippen molar-refractivity contribution in [2.24, 2.45) is 5.92 Å².